The Bertz CT molecular complexity index is 659. The molecule has 0 N–H and O–H groups in total. The fourth-order valence-electron chi connectivity index (χ4n) is 1.82. The number of imidazole rings is 1. The van der Waals surface area contributed by atoms with Crippen LogP contribution in [-0.4, -0.2) is 17.8 Å². The topological polar surface area (TPSA) is 51.4 Å². The molecule has 0 radical (unpaired) electrons. The molecule has 0 bridgehead atoms. The van der Waals surface area contributed by atoms with Crippen molar-refractivity contribution in [3.8, 4) is 0 Å². The smallest absolute Gasteiger partial charge is 0.278 e. The van der Waals surface area contributed by atoms with E-state index in [4.69, 9.17) is 10.7 Å². The van der Waals surface area contributed by atoms with E-state index in [9.17, 15) is 8.42 Å². The van der Waals surface area contributed by atoms with Crippen molar-refractivity contribution in [2.24, 2.45) is 0 Å². The molecule has 3 rings (SSSR count). The highest BCUT2D eigenvalue weighted by Crippen LogP contribution is 2.40. The molecule has 4 nitrogen and oxygen atoms in total. The summed E-state index contributed by atoms with van der Waals surface area (Å²) in [5.74, 6) is 0.623. The summed E-state index contributed by atoms with van der Waals surface area (Å²) in [4.78, 5) is 4.06. The van der Waals surface area contributed by atoms with Crippen molar-refractivity contribution < 1.29 is 8.42 Å². The first-order valence-corrected chi connectivity index (χ1v) is 7.28. The van der Waals surface area contributed by atoms with Crippen LogP contribution in [0.15, 0.2) is 29.6 Å². The zero-order valence-electron chi connectivity index (χ0n) is 8.30. The molecular formula is C10H9ClN2O2S. The van der Waals surface area contributed by atoms with E-state index in [0.717, 1.165) is 0 Å². The van der Waals surface area contributed by atoms with Crippen molar-refractivity contribution in [2.75, 3.05) is 0 Å². The summed E-state index contributed by atoms with van der Waals surface area (Å²) >= 11 is 0. The normalized spacial score (nSPS) is 16.8. The predicted molar refractivity (Wildman–Crippen MR) is 60.2 cm³/mol. The fraction of sp³-hybridized carbons (Fsp3) is 0.300. The Hall–Kier alpha value is -1.07. The monoisotopic (exact) mass is 256 g/mol. The molecule has 1 saturated carbocycles. The molecule has 16 heavy (non-hydrogen) atoms. The minimum Gasteiger partial charge on any atom is -0.290 e. The third kappa shape index (κ3) is 1.60. The number of rotatable bonds is 2. The number of fused-ring (bicyclic) bond motifs is 1. The Kier molecular flexibility index (Phi) is 2.03. The minimum absolute atomic E-state index is 0.0199. The molecule has 2 aromatic rings. The summed E-state index contributed by atoms with van der Waals surface area (Å²) in [6.07, 6.45) is 5.41. The summed E-state index contributed by atoms with van der Waals surface area (Å²) in [5.41, 5.74) is 1.85. The van der Waals surface area contributed by atoms with Crippen LogP contribution < -0.4 is 0 Å². The molecule has 6 heteroatoms. The lowest BCUT2D eigenvalue weighted by Gasteiger charge is -2.00. The van der Waals surface area contributed by atoms with Gasteiger partial charge in [0, 0.05) is 16.9 Å². The van der Waals surface area contributed by atoms with E-state index >= 15 is 0 Å². The van der Waals surface area contributed by atoms with Gasteiger partial charge in [-0.05, 0) is 36.5 Å². The van der Waals surface area contributed by atoms with Crippen LogP contribution in [0.2, 0.25) is 0 Å². The first-order valence-electron chi connectivity index (χ1n) is 4.97. The van der Waals surface area contributed by atoms with Gasteiger partial charge in [0.2, 0.25) is 0 Å². The third-order valence-electron chi connectivity index (χ3n) is 2.80. The quantitative estimate of drug-likeness (QED) is 0.774. The van der Waals surface area contributed by atoms with Crippen LogP contribution in [0.3, 0.4) is 0 Å². The molecule has 1 aliphatic rings. The van der Waals surface area contributed by atoms with Gasteiger partial charge in [0.25, 0.3) is 9.05 Å². The van der Waals surface area contributed by atoms with Crippen LogP contribution >= 0.6 is 10.7 Å². The summed E-state index contributed by atoms with van der Waals surface area (Å²) in [6.45, 7) is 0. The van der Waals surface area contributed by atoms with Crippen molar-refractivity contribution in [2.45, 2.75) is 23.8 Å². The maximum atomic E-state index is 11.2. The van der Waals surface area contributed by atoms with Crippen molar-refractivity contribution >= 4 is 25.4 Å². The first-order chi connectivity index (χ1) is 7.55. The minimum atomic E-state index is -3.73. The number of hydrogen-bond donors (Lipinski definition) is 0. The molecule has 1 aliphatic carbocycles. The van der Waals surface area contributed by atoms with Gasteiger partial charge >= 0.3 is 0 Å². The third-order valence-corrected chi connectivity index (χ3v) is 4.08. The number of nitrogens with zero attached hydrogens (tertiary/aromatic N) is 2. The Morgan fingerprint density at radius 3 is 2.81 bits per heavy atom. The molecule has 0 aromatic carbocycles. The predicted octanol–water partition coefficient (Wildman–Crippen LogP) is 2.14. The van der Waals surface area contributed by atoms with Gasteiger partial charge in [0.1, 0.15) is 5.65 Å². The molecule has 2 aromatic heterocycles. The van der Waals surface area contributed by atoms with E-state index in [0.29, 0.717) is 11.6 Å². The van der Waals surface area contributed by atoms with Crippen LogP contribution in [0, 0.1) is 0 Å². The van der Waals surface area contributed by atoms with Crippen LogP contribution in [0.5, 0.6) is 0 Å². The molecule has 2 heterocycles. The molecule has 0 amide bonds. The van der Waals surface area contributed by atoms with Gasteiger partial charge in [-0.1, -0.05) is 0 Å². The van der Waals surface area contributed by atoms with Gasteiger partial charge in [-0.2, -0.15) is 0 Å². The molecule has 1 fully saturated rings. The molecule has 84 valence electrons. The summed E-state index contributed by atoms with van der Waals surface area (Å²) in [6, 6.07) is 3.85. The van der Waals surface area contributed by atoms with Gasteiger partial charge in [-0.25, -0.2) is 13.4 Å². The van der Waals surface area contributed by atoms with E-state index in [1.807, 2.05) is 12.1 Å². The second-order valence-electron chi connectivity index (χ2n) is 4.00. The lowest BCUT2D eigenvalue weighted by Crippen LogP contribution is -1.97. The lowest BCUT2D eigenvalue weighted by atomic mass is 10.2. The molecule has 0 saturated heterocycles. The molecule has 0 unspecified atom stereocenters. The highest BCUT2D eigenvalue weighted by atomic mass is 35.7. The highest BCUT2D eigenvalue weighted by Gasteiger charge is 2.24. The number of pyridine rings is 1. The second-order valence-corrected chi connectivity index (χ2v) is 6.51. The fourth-order valence-corrected chi connectivity index (χ4v) is 2.73. The molecule has 0 atom stereocenters. The maximum absolute atomic E-state index is 11.2. The van der Waals surface area contributed by atoms with Gasteiger partial charge in [-0.15, -0.1) is 0 Å². The van der Waals surface area contributed by atoms with Crippen molar-refractivity contribution in [3.63, 3.8) is 0 Å². The van der Waals surface area contributed by atoms with Crippen molar-refractivity contribution in [1.82, 2.24) is 9.38 Å². The van der Waals surface area contributed by atoms with Crippen LogP contribution in [0.4, 0.5) is 0 Å². The van der Waals surface area contributed by atoms with Crippen molar-refractivity contribution in [1.29, 1.82) is 0 Å². The van der Waals surface area contributed by atoms with E-state index in [-0.39, 0.29) is 5.03 Å². The summed E-state index contributed by atoms with van der Waals surface area (Å²) < 4.78 is 24.0. The maximum Gasteiger partial charge on any atom is 0.278 e. The Labute approximate surface area is 97.3 Å². The number of hydrogen-bond acceptors (Lipinski definition) is 3. The molecule has 0 aliphatic heterocycles. The van der Waals surface area contributed by atoms with Gasteiger partial charge < -0.3 is 0 Å². The lowest BCUT2D eigenvalue weighted by molar-refractivity contribution is 0.605. The summed E-state index contributed by atoms with van der Waals surface area (Å²) in [5, 5.41) is 0.0199. The van der Waals surface area contributed by atoms with E-state index in [2.05, 4.69) is 4.98 Å². The highest BCUT2D eigenvalue weighted by molar-refractivity contribution is 8.13. The van der Waals surface area contributed by atoms with Gasteiger partial charge in [0.05, 0.1) is 6.20 Å². The number of halogens is 1. The molecule has 0 spiro atoms. The standard InChI is InChI=1S/C10H9ClN2O2S/c11-16(14,15)10-6-12-9-5-8(7-1-2-7)3-4-13(9)10/h3-7H,1-2H2. The largest absolute Gasteiger partial charge is 0.290 e. The van der Waals surface area contributed by atoms with E-state index in [1.54, 1.807) is 6.20 Å². The van der Waals surface area contributed by atoms with Gasteiger partial charge in [0.15, 0.2) is 5.03 Å². The average molecular weight is 257 g/mol. The average Bonchev–Trinajstić information content (AvgIpc) is 2.95. The zero-order valence-corrected chi connectivity index (χ0v) is 9.87. The molecular weight excluding hydrogens is 248 g/mol. The van der Waals surface area contributed by atoms with Crippen LogP contribution in [-0.2, 0) is 9.05 Å². The van der Waals surface area contributed by atoms with E-state index in [1.165, 1.54) is 29.0 Å². The Morgan fingerprint density at radius 1 is 1.44 bits per heavy atom. The zero-order chi connectivity index (χ0) is 11.3. The van der Waals surface area contributed by atoms with Gasteiger partial charge in [-0.3, -0.25) is 4.40 Å². The van der Waals surface area contributed by atoms with Crippen LogP contribution in [0.25, 0.3) is 5.65 Å². The van der Waals surface area contributed by atoms with Crippen molar-refractivity contribution in [3.05, 3.63) is 30.1 Å². The first kappa shape index (κ1) is 10.1. The Balaban J connectivity index is 2.21. The Morgan fingerprint density at radius 2 is 2.19 bits per heavy atom. The second kappa shape index (κ2) is 3.21. The SMILES string of the molecule is O=S(=O)(Cl)c1cnc2cc(C3CC3)ccn12. The van der Waals surface area contributed by atoms with Crippen LogP contribution in [0.1, 0.15) is 24.3 Å². The summed E-state index contributed by atoms with van der Waals surface area (Å²) in [7, 11) is 1.57. The number of aromatic nitrogens is 2. The van der Waals surface area contributed by atoms with E-state index < -0.39 is 9.05 Å².